The van der Waals surface area contributed by atoms with E-state index in [0.29, 0.717) is 24.4 Å². The molecule has 0 fully saturated rings. The molecule has 0 bridgehead atoms. The zero-order valence-corrected chi connectivity index (χ0v) is 10.6. The number of aromatic nitrogens is 1. The van der Waals surface area contributed by atoms with Gasteiger partial charge in [0.05, 0.1) is 5.69 Å². The summed E-state index contributed by atoms with van der Waals surface area (Å²) in [6.45, 7) is 5.91. The second-order valence-electron chi connectivity index (χ2n) is 3.41. The molecule has 1 rings (SSSR count). The molecule has 1 aromatic heterocycles. The Hall–Kier alpha value is -1.11. The second kappa shape index (κ2) is 5.03. The average Bonchev–Trinajstić information content (AvgIpc) is 2.61. The summed E-state index contributed by atoms with van der Waals surface area (Å²) in [6.07, 6.45) is -4.49. The van der Waals surface area contributed by atoms with Crippen LogP contribution < -0.4 is 0 Å². The first kappa shape index (κ1) is 14.0. The molecule has 0 atom stereocenters. The van der Waals surface area contributed by atoms with Crippen molar-refractivity contribution in [1.29, 1.82) is 0 Å². The lowest BCUT2D eigenvalue weighted by Gasteiger charge is -2.17. The second-order valence-corrected chi connectivity index (χ2v) is 4.41. The molecule has 17 heavy (non-hydrogen) atoms. The van der Waals surface area contributed by atoms with Gasteiger partial charge in [-0.15, -0.1) is 11.3 Å². The maximum Gasteiger partial charge on any atom is 0.443 e. The maximum atomic E-state index is 12.4. The monoisotopic (exact) mass is 266 g/mol. The molecule has 1 heterocycles. The molecule has 0 radical (unpaired) electrons. The molecule has 0 aliphatic heterocycles. The fourth-order valence-corrected chi connectivity index (χ4v) is 2.27. The Morgan fingerprint density at radius 3 is 2.24 bits per heavy atom. The number of nitrogens with zero attached hydrogens (tertiary/aromatic N) is 2. The van der Waals surface area contributed by atoms with Crippen molar-refractivity contribution in [3.8, 4) is 0 Å². The van der Waals surface area contributed by atoms with Gasteiger partial charge in [-0.1, -0.05) is 0 Å². The van der Waals surface area contributed by atoms with Crippen molar-refractivity contribution in [2.24, 2.45) is 0 Å². The molecule has 0 spiro atoms. The fraction of sp³-hybridized carbons (Fsp3) is 0.600. The summed E-state index contributed by atoms with van der Waals surface area (Å²) in [5.41, 5.74) is 0.138. The third-order valence-corrected chi connectivity index (χ3v) is 3.47. The Labute approximate surface area is 101 Å². The van der Waals surface area contributed by atoms with Gasteiger partial charge in [-0.25, -0.2) is 4.98 Å². The van der Waals surface area contributed by atoms with Gasteiger partial charge in [0.15, 0.2) is 5.01 Å². The number of amides is 1. The van der Waals surface area contributed by atoms with E-state index in [1.165, 1.54) is 11.8 Å². The molecule has 0 aliphatic rings. The van der Waals surface area contributed by atoms with Crippen LogP contribution in [0.4, 0.5) is 13.2 Å². The lowest BCUT2D eigenvalue weighted by Crippen LogP contribution is -2.30. The van der Waals surface area contributed by atoms with Crippen molar-refractivity contribution in [2.45, 2.75) is 26.9 Å². The smallest absolute Gasteiger partial charge is 0.338 e. The minimum Gasteiger partial charge on any atom is -0.338 e. The number of alkyl halides is 3. The normalized spacial score (nSPS) is 11.6. The molecule has 0 aliphatic carbocycles. The van der Waals surface area contributed by atoms with Crippen LogP contribution in [0.5, 0.6) is 0 Å². The number of aryl methyl sites for hydroxylation is 1. The number of hydrogen-bond acceptors (Lipinski definition) is 3. The van der Waals surface area contributed by atoms with Crippen LogP contribution in [0.1, 0.15) is 34.2 Å². The van der Waals surface area contributed by atoms with Gasteiger partial charge >= 0.3 is 6.18 Å². The van der Waals surface area contributed by atoms with Crippen LogP contribution in [0, 0.1) is 6.92 Å². The maximum absolute atomic E-state index is 12.4. The lowest BCUT2D eigenvalue weighted by molar-refractivity contribution is -0.137. The van der Waals surface area contributed by atoms with Gasteiger partial charge in [-0.05, 0) is 20.8 Å². The standard InChI is InChI=1S/C10H13F3N2OS/c1-4-15(5-2)8(16)7-6(3)14-9(17-7)10(11,12)13/h4-5H2,1-3H3. The molecule has 96 valence electrons. The lowest BCUT2D eigenvalue weighted by atomic mass is 10.3. The third-order valence-electron chi connectivity index (χ3n) is 2.28. The van der Waals surface area contributed by atoms with Gasteiger partial charge in [0.2, 0.25) is 0 Å². The topological polar surface area (TPSA) is 33.2 Å². The molecule has 0 saturated heterocycles. The quantitative estimate of drug-likeness (QED) is 0.842. The van der Waals surface area contributed by atoms with E-state index in [1.54, 1.807) is 13.8 Å². The van der Waals surface area contributed by atoms with Crippen molar-refractivity contribution in [1.82, 2.24) is 9.88 Å². The summed E-state index contributed by atoms with van der Waals surface area (Å²) in [5, 5.41) is -0.967. The summed E-state index contributed by atoms with van der Waals surface area (Å²) in [7, 11) is 0. The highest BCUT2D eigenvalue weighted by molar-refractivity contribution is 7.13. The largest absolute Gasteiger partial charge is 0.443 e. The zero-order chi connectivity index (χ0) is 13.2. The summed E-state index contributed by atoms with van der Waals surface area (Å²) in [4.78, 5) is 16.8. The highest BCUT2D eigenvalue weighted by Gasteiger charge is 2.36. The highest BCUT2D eigenvalue weighted by Crippen LogP contribution is 2.34. The number of rotatable bonds is 3. The molecule has 1 amide bonds. The average molecular weight is 266 g/mol. The van der Waals surface area contributed by atoms with Crippen molar-refractivity contribution >= 4 is 17.2 Å². The predicted octanol–water partition coefficient (Wildman–Crippen LogP) is 2.95. The minimum absolute atomic E-state index is 0.0704. The SMILES string of the molecule is CCN(CC)C(=O)c1sc(C(F)(F)F)nc1C. The molecule has 0 N–H and O–H groups in total. The van der Waals surface area contributed by atoms with Crippen LogP contribution in [0.25, 0.3) is 0 Å². The van der Waals surface area contributed by atoms with E-state index >= 15 is 0 Å². The molecule has 1 aromatic rings. The first-order valence-electron chi connectivity index (χ1n) is 5.15. The summed E-state index contributed by atoms with van der Waals surface area (Å²) < 4.78 is 37.3. The first-order chi connectivity index (χ1) is 7.81. The van der Waals surface area contributed by atoms with Crippen LogP contribution in [0.3, 0.4) is 0 Å². The predicted molar refractivity (Wildman–Crippen MR) is 59.1 cm³/mol. The summed E-state index contributed by atoms with van der Waals surface area (Å²) >= 11 is 0.406. The van der Waals surface area contributed by atoms with Gasteiger partial charge < -0.3 is 4.90 Å². The highest BCUT2D eigenvalue weighted by atomic mass is 32.1. The van der Waals surface area contributed by atoms with E-state index < -0.39 is 11.2 Å². The van der Waals surface area contributed by atoms with Crippen LogP contribution >= 0.6 is 11.3 Å². The van der Waals surface area contributed by atoms with Crippen LogP contribution in [-0.2, 0) is 6.18 Å². The van der Waals surface area contributed by atoms with Gasteiger partial charge in [0.1, 0.15) is 4.88 Å². The molecule has 0 aromatic carbocycles. The van der Waals surface area contributed by atoms with Gasteiger partial charge in [-0.3, -0.25) is 4.79 Å². The van der Waals surface area contributed by atoms with Crippen molar-refractivity contribution < 1.29 is 18.0 Å². The van der Waals surface area contributed by atoms with E-state index in [4.69, 9.17) is 0 Å². The third kappa shape index (κ3) is 2.96. The van der Waals surface area contributed by atoms with Crippen LogP contribution in [-0.4, -0.2) is 28.9 Å². The fourth-order valence-electron chi connectivity index (χ4n) is 1.37. The van der Waals surface area contributed by atoms with Crippen LogP contribution in [0.15, 0.2) is 0 Å². The van der Waals surface area contributed by atoms with Gasteiger partial charge in [0, 0.05) is 13.1 Å². The molecule has 0 saturated carbocycles. The molecule has 7 heteroatoms. The first-order valence-corrected chi connectivity index (χ1v) is 5.96. The molecular weight excluding hydrogens is 253 g/mol. The van der Waals surface area contributed by atoms with Crippen molar-refractivity contribution in [3.63, 3.8) is 0 Å². The van der Waals surface area contributed by atoms with Gasteiger partial charge in [-0.2, -0.15) is 13.2 Å². The summed E-state index contributed by atoms with van der Waals surface area (Å²) in [6, 6.07) is 0. The number of carbonyl (C=O) groups excluding carboxylic acids is 1. The minimum atomic E-state index is -4.49. The Kier molecular flexibility index (Phi) is 4.13. The molecular formula is C10H13F3N2OS. The van der Waals surface area contributed by atoms with Crippen LogP contribution in [0.2, 0.25) is 0 Å². The number of halogens is 3. The Morgan fingerprint density at radius 1 is 1.35 bits per heavy atom. The summed E-state index contributed by atoms with van der Waals surface area (Å²) in [5.74, 6) is -0.388. The Morgan fingerprint density at radius 2 is 1.88 bits per heavy atom. The van der Waals surface area contributed by atoms with E-state index in [2.05, 4.69) is 4.98 Å². The number of thiazole rings is 1. The Bertz CT molecular complexity index is 410. The van der Waals surface area contributed by atoms with E-state index in [9.17, 15) is 18.0 Å². The van der Waals surface area contributed by atoms with Crippen molar-refractivity contribution in [2.75, 3.05) is 13.1 Å². The van der Waals surface area contributed by atoms with E-state index in [-0.39, 0.29) is 16.5 Å². The zero-order valence-electron chi connectivity index (χ0n) is 9.76. The van der Waals surface area contributed by atoms with E-state index in [1.807, 2.05) is 0 Å². The van der Waals surface area contributed by atoms with Gasteiger partial charge in [0.25, 0.3) is 5.91 Å². The molecule has 0 unspecified atom stereocenters. The number of carbonyl (C=O) groups is 1. The Balaban J connectivity index is 3.07. The molecule has 3 nitrogen and oxygen atoms in total. The number of hydrogen-bond donors (Lipinski definition) is 0. The van der Waals surface area contributed by atoms with E-state index in [0.717, 1.165) is 0 Å². The van der Waals surface area contributed by atoms with Crippen molar-refractivity contribution in [3.05, 3.63) is 15.6 Å².